The van der Waals surface area contributed by atoms with Crippen LogP contribution in [0.2, 0.25) is 0 Å². The number of thiophene rings is 1. The SMILES string of the molecule is NCC1CCN(Cc2ccc(Br)s2)C1. The van der Waals surface area contributed by atoms with E-state index in [0.29, 0.717) is 0 Å². The third-order valence-corrected chi connectivity index (χ3v) is 4.32. The number of likely N-dealkylation sites (tertiary alicyclic amines) is 1. The zero-order valence-corrected chi connectivity index (χ0v) is 10.5. The zero-order chi connectivity index (χ0) is 9.97. The van der Waals surface area contributed by atoms with Gasteiger partial charge < -0.3 is 5.73 Å². The molecule has 1 aliphatic rings. The Kier molecular flexibility index (Phi) is 3.60. The first-order valence-corrected chi connectivity index (χ1v) is 6.55. The van der Waals surface area contributed by atoms with Gasteiger partial charge in [-0.3, -0.25) is 4.90 Å². The molecule has 1 atom stereocenters. The lowest BCUT2D eigenvalue weighted by Crippen LogP contribution is -2.22. The van der Waals surface area contributed by atoms with E-state index in [1.165, 1.54) is 28.2 Å². The summed E-state index contributed by atoms with van der Waals surface area (Å²) in [5.41, 5.74) is 5.66. The standard InChI is InChI=1S/C10H15BrN2S/c11-10-2-1-9(14-10)7-13-4-3-8(5-12)6-13/h1-2,8H,3-7,12H2. The number of hydrogen-bond acceptors (Lipinski definition) is 3. The summed E-state index contributed by atoms with van der Waals surface area (Å²) in [5.74, 6) is 0.721. The van der Waals surface area contributed by atoms with E-state index in [2.05, 4.69) is 33.0 Å². The molecule has 1 aromatic rings. The molecule has 0 aromatic carbocycles. The molecule has 2 N–H and O–H groups in total. The van der Waals surface area contributed by atoms with E-state index in [4.69, 9.17) is 5.73 Å². The molecule has 4 heteroatoms. The fourth-order valence-electron chi connectivity index (χ4n) is 1.91. The van der Waals surface area contributed by atoms with Crippen molar-refractivity contribution in [3.8, 4) is 0 Å². The van der Waals surface area contributed by atoms with Crippen LogP contribution in [-0.4, -0.2) is 24.5 Å². The number of halogens is 1. The molecular weight excluding hydrogens is 260 g/mol. The Morgan fingerprint density at radius 2 is 2.43 bits per heavy atom. The maximum atomic E-state index is 5.66. The molecule has 2 rings (SSSR count). The van der Waals surface area contributed by atoms with Gasteiger partial charge in [0, 0.05) is 18.0 Å². The largest absolute Gasteiger partial charge is 0.330 e. The predicted octanol–water partition coefficient (Wildman–Crippen LogP) is 2.29. The van der Waals surface area contributed by atoms with Gasteiger partial charge in [0.1, 0.15) is 0 Å². The van der Waals surface area contributed by atoms with Crippen molar-refractivity contribution in [1.82, 2.24) is 4.90 Å². The highest BCUT2D eigenvalue weighted by atomic mass is 79.9. The summed E-state index contributed by atoms with van der Waals surface area (Å²) in [7, 11) is 0. The average molecular weight is 275 g/mol. The van der Waals surface area contributed by atoms with Gasteiger partial charge in [0.25, 0.3) is 0 Å². The Morgan fingerprint density at radius 1 is 1.57 bits per heavy atom. The number of rotatable bonds is 3. The van der Waals surface area contributed by atoms with Crippen LogP contribution in [0.5, 0.6) is 0 Å². The zero-order valence-electron chi connectivity index (χ0n) is 8.08. The molecule has 0 bridgehead atoms. The summed E-state index contributed by atoms with van der Waals surface area (Å²) in [6, 6.07) is 4.32. The topological polar surface area (TPSA) is 29.3 Å². The minimum Gasteiger partial charge on any atom is -0.330 e. The molecule has 14 heavy (non-hydrogen) atoms. The van der Waals surface area contributed by atoms with Gasteiger partial charge in [-0.25, -0.2) is 0 Å². The molecular formula is C10H15BrN2S. The molecule has 0 aliphatic carbocycles. The summed E-state index contributed by atoms with van der Waals surface area (Å²) in [6.07, 6.45) is 1.27. The first kappa shape index (κ1) is 10.6. The highest BCUT2D eigenvalue weighted by molar-refractivity contribution is 9.11. The quantitative estimate of drug-likeness (QED) is 0.917. The first-order valence-electron chi connectivity index (χ1n) is 4.94. The van der Waals surface area contributed by atoms with E-state index in [9.17, 15) is 0 Å². The normalized spacial score (nSPS) is 23.1. The van der Waals surface area contributed by atoms with E-state index in [0.717, 1.165) is 19.0 Å². The molecule has 0 amide bonds. The van der Waals surface area contributed by atoms with Crippen molar-refractivity contribution in [2.75, 3.05) is 19.6 Å². The fraction of sp³-hybridized carbons (Fsp3) is 0.600. The molecule has 78 valence electrons. The second-order valence-electron chi connectivity index (χ2n) is 3.83. The van der Waals surface area contributed by atoms with E-state index >= 15 is 0 Å². The van der Waals surface area contributed by atoms with Crippen LogP contribution < -0.4 is 5.73 Å². The Bertz CT molecular complexity index is 300. The van der Waals surface area contributed by atoms with E-state index in [1.54, 1.807) is 0 Å². The summed E-state index contributed by atoms with van der Waals surface area (Å²) >= 11 is 5.31. The number of hydrogen-bond donors (Lipinski definition) is 1. The molecule has 2 nitrogen and oxygen atoms in total. The van der Waals surface area contributed by atoms with Crippen LogP contribution in [0.15, 0.2) is 15.9 Å². The minimum absolute atomic E-state index is 0.721. The third kappa shape index (κ3) is 2.57. The van der Waals surface area contributed by atoms with Gasteiger partial charge in [-0.15, -0.1) is 11.3 Å². The van der Waals surface area contributed by atoms with Crippen LogP contribution in [-0.2, 0) is 6.54 Å². The number of nitrogens with zero attached hydrogens (tertiary/aromatic N) is 1. The van der Waals surface area contributed by atoms with Gasteiger partial charge in [0.15, 0.2) is 0 Å². The lowest BCUT2D eigenvalue weighted by Gasteiger charge is -2.13. The maximum Gasteiger partial charge on any atom is 0.0701 e. The molecule has 1 unspecified atom stereocenters. The fourth-order valence-corrected chi connectivity index (χ4v) is 3.43. The molecule has 0 spiro atoms. The van der Waals surface area contributed by atoms with Gasteiger partial charge >= 0.3 is 0 Å². The first-order chi connectivity index (χ1) is 6.78. The van der Waals surface area contributed by atoms with Crippen molar-refractivity contribution >= 4 is 27.3 Å². The second-order valence-corrected chi connectivity index (χ2v) is 6.38. The van der Waals surface area contributed by atoms with Crippen molar-refractivity contribution in [2.24, 2.45) is 11.7 Å². The summed E-state index contributed by atoms with van der Waals surface area (Å²) in [5, 5.41) is 0. The summed E-state index contributed by atoms with van der Waals surface area (Å²) < 4.78 is 1.22. The summed E-state index contributed by atoms with van der Waals surface area (Å²) in [6.45, 7) is 4.31. The highest BCUT2D eigenvalue weighted by Crippen LogP contribution is 2.25. The van der Waals surface area contributed by atoms with E-state index < -0.39 is 0 Å². The monoisotopic (exact) mass is 274 g/mol. The van der Waals surface area contributed by atoms with Crippen LogP contribution in [0.3, 0.4) is 0 Å². The number of nitrogens with two attached hydrogens (primary N) is 1. The lowest BCUT2D eigenvalue weighted by molar-refractivity contribution is 0.320. The minimum atomic E-state index is 0.721. The van der Waals surface area contributed by atoms with Crippen LogP contribution in [0.25, 0.3) is 0 Å². The Balaban J connectivity index is 1.87. The van der Waals surface area contributed by atoms with Crippen LogP contribution in [0.4, 0.5) is 0 Å². The van der Waals surface area contributed by atoms with Crippen molar-refractivity contribution in [2.45, 2.75) is 13.0 Å². The van der Waals surface area contributed by atoms with Gasteiger partial charge in [-0.05, 0) is 53.5 Å². The molecule has 1 aromatic heterocycles. The van der Waals surface area contributed by atoms with Gasteiger partial charge in [-0.2, -0.15) is 0 Å². The Morgan fingerprint density at radius 3 is 3.00 bits per heavy atom. The maximum absolute atomic E-state index is 5.66. The molecule has 1 fully saturated rings. The van der Waals surface area contributed by atoms with Crippen molar-refractivity contribution in [1.29, 1.82) is 0 Å². The van der Waals surface area contributed by atoms with Crippen molar-refractivity contribution in [3.05, 3.63) is 20.8 Å². The predicted molar refractivity (Wildman–Crippen MR) is 64.5 cm³/mol. The smallest absolute Gasteiger partial charge is 0.0701 e. The van der Waals surface area contributed by atoms with Crippen molar-refractivity contribution in [3.63, 3.8) is 0 Å². The van der Waals surface area contributed by atoms with Crippen molar-refractivity contribution < 1.29 is 0 Å². The molecule has 2 heterocycles. The molecule has 0 radical (unpaired) electrons. The molecule has 1 aliphatic heterocycles. The molecule has 1 saturated heterocycles. The van der Waals surface area contributed by atoms with Crippen LogP contribution in [0.1, 0.15) is 11.3 Å². The van der Waals surface area contributed by atoms with Crippen LogP contribution >= 0.6 is 27.3 Å². The van der Waals surface area contributed by atoms with Gasteiger partial charge in [-0.1, -0.05) is 0 Å². The third-order valence-electron chi connectivity index (χ3n) is 2.71. The Labute approximate surface area is 97.2 Å². The van der Waals surface area contributed by atoms with Gasteiger partial charge in [0.05, 0.1) is 3.79 Å². The van der Waals surface area contributed by atoms with Crippen LogP contribution in [0, 0.1) is 5.92 Å². The lowest BCUT2D eigenvalue weighted by atomic mass is 10.1. The molecule has 0 saturated carbocycles. The highest BCUT2D eigenvalue weighted by Gasteiger charge is 2.21. The second kappa shape index (κ2) is 4.75. The van der Waals surface area contributed by atoms with E-state index in [1.807, 2.05) is 11.3 Å². The Hall–Kier alpha value is 0.1000. The van der Waals surface area contributed by atoms with E-state index in [-0.39, 0.29) is 0 Å². The van der Waals surface area contributed by atoms with Gasteiger partial charge in [0.2, 0.25) is 0 Å². The average Bonchev–Trinajstić information content (AvgIpc) is 2.76. The summed E-state index contributed by atoms with van der Waals surface area (Å²) in [4.78, 5) is 3.94.